The molecule has 1 aromatic carbocycles. The first kappa shape index (κ1) is 11.9. The fourth-order valence-electron chi connectivity index (χ4n) is 2.33. The molecule has 0 fully saturated rings. The molecule has 0 unspecified atom stereocenters. The van der Waals surface area contributed by atoms with Crippen molar-refractivity contribution in [3.63, 3.8) is 0 Å². The maximum Gasteiger partial charge on any atom is 0.276 e. The SMILES string of the molecule is Cc1cccc(NC(=O)c2n[nH]c3c2CNCC3)c1. The third-order valence-corrected chi connectivity index (χ3v) is 3.30. The van der Waals surface area contributed by atoms with E-state index in [4.69, 9.17) is 0 Å². The number of amides is 1. The predicted octanol–water partition coefficient (Wildman–Crippen LogP) is 1.62. The van der Waals surface area contributed by atoms with Gasteiger partial charge in [-0.3, -0.25) is 9.89 Å². The molecule has 1 aliphatic heterocycles. The highest BCUT2D eigenvalue weighted by Gasteiger charge is 2.21. The number of H-pyrrole nitrogens is 1. The number of aryl methyl sites for hydroxylation is 1. The van der Waals surface area contributed by atoms with Crippen molar-refractivity contribution in [3.8, 4) is 0 Å². The van der Waals surface area contributed by atoms with Gasteiger partial charge in [0.2, 0.25) is 0 Å². The van der Waals surface area contributed by atoms with Gasteiger partial charge in [0.15, 0.2) is 5.69 Å². The van der Waals surface area contributed by atoms with Crippen molar-refractivity contribution >= 4 is 11.6 Å². The van der Waals surface area contributed by atoms with Crippen LogP contribution in [0.5, 0.6) is 0 Å². The summed E-state index contributed by atoms with van der Waals surface area (Å²) in [5.74, 6) is -0.160. The molecule has 1 aromatic heterocycles. The first-order valence-electron chi connectivity index (χ1n) is 6.39. The molecule has 3 rings (SSSR count). The fraction of sp³-hybridized carbons (Fsp3) is 0.286. The number of benzene rings is 1. The first-order valence-corrected chi connectivity index (χ1v) is 6.39. The smallest absolute Gasteiger partial charge is 0.276 e. The Morgan fingerprint density at radius 1 is 1.42 bits per heavy atom. The van der Waals surface area contributed by atoms with Crippen LogP contribution in [0.2, 0.25) is 0 Å². The van der Waals surface area contributed by atoms with Gasteiger partial charge >= 0.3 is 0 Å². The molecule has 98 valence electrons. The molecule has 1 amide bonds. The number of aromatic amines is 1. The van der Waals surface area contributed by atoms with E-state index in [1.165, 1.54) is 0 Å². The normalized spacial score (nSPS) is 13.9. The summed E-state index contributed by atoms with van der Waals surface area (Å²) in [6.07, 6.45) is 0.889. The van der Waals surface area contributed by atoms with E-state index in [1.807, 2.05) is 31.2 Å². The molecule has 0 saturated carbocycles. The molecule has 0 aliphatic carbocycles. The topological polar surface area (TPSA) is 69.8 Å². The third-order valence-electron chi connectivity index (χ3n) is 3.30. The molecule has 5 heteroatoms. The van der Waals surface area contributed by atoms with Crippen LogP contribution in [0.4, 0.5) is 5.69 Å². The Morgan fingerprint density at radius 3 is 3.16 bits per heavy atom. The highest BCUT2D eigenvalue weighted by atomic mass is 16.1. The van der Waals surface area contributed by atoms with Crippen molar-refractivity contribution in [2.45, 2.75) is 19.9 Å². The van der Waals surface area contributed by atoms with E-state index in [1.54, 1.807) is 0 Å². The number of hydrogen-bond donors (Lipinski definition) is 3. The second-order valence-electron chi connectivity index (χ2n) is 4.78. The summed E-state index contributed by atoms with van der Waals surface area (Å²) in [6.45, 7) is 3.62. The highest BCUT2D eigenvalue weighted by Crippen LogP contribution is 2.17. The molecule has 5 nitrogen and oxygen atoms in total. The van der Waals surface area contributed by atoms with E-state index in [-0.39, 0.29) is 5.91 Å². The Balaban J connectivity index is 1.83. The average molecular weight is 256 g/mol. The zero-order valence-electron chi connectivity index (χ0n) is 10.8. The van der Waals surface area contributed by atoms with E-state index < -0.39 is 0 Å². The van der Waals surface area contributed by atoms with Gasteiger partial charge in [0.1, 0.15) is 0 Å². The van der Waals surface area contributed by atoms with Crippen molar-refractivity contribution in [1.82, 2.24) is 15.5 Å². The largest absolute Gasteiger partial charge is 0.321 e. The lowest BCUT2D eigenvalue weighted by molar-refractivity contribution is 0.102. The van der Waals surface area contributed by atoms with Crippen molar-refractivity contribution < 1.29 is 4.79 Å². The van der Waals surface area contributed by atoms with Crippen LogP contribution < -0.4 is 10.6 Å². The minimum absolute atomic E-state index is 0.160. The number of anilines is 1. The zero-order valence-corrected chi connectivity index (χ0v) is 10.8. The maximum atomic E-state index is 12.2. The van der Waals surface area contributed by atoms with Gasteiger partial charge in [0, 0.05) is 36.5 Å². The second kappa shape index (κ2) is 4.85. The van der Waals surface area contributed by atoms with E-state index in [9.17, 15) is 4.79 Å². The number of fused-ring (bicyclic) bond motifs is 1. The number of nitrogens with zero attached hydrogens (tertiary/aromatic N) is 1. The van der Waals surface area contributed by atoms with E-state index in [0.29, 0.717) is 12.2 Å². The average Bonchev–Trinajstić information content (AvgIpc) is 2.82. The molecule has 0 radical (unpaired) electrons. The quantitative estimate of drug-likeness (QED) is 0.764. The molecule has 0 spiro atoms. The molecule has 3 N–H and O–H groups in total. The maximum absolute atomic E-state index is 12.2. The Kier molecular flexibility index (Phi) is 3.05. The summed E-state index contributed by atoms with van der Waals surface area (Å²) in [6, 6.07) is 7.74. The molecule has 0 atom stereocenters. The Hall–Kier alpha value is -2.14. The fourth-order valence-corrected chi connectivity index (χ4v) is 2.33. The van der Waals surface area contributed by atoms with Crippen LogP contribution in [-0.4, -0.2) is 22.6 Å². The van der Waals surface area contributed by atoms with Gasteiger partial charge in [-0.05, 0) is 24.6 Å². The summed E-state index contributed by atoms with van der Waals surface area (Å²) in [5, 5.41) is 13.2. The summed E-state index contributed by atoms with van der Waals surface area (Å²) >= 11 is 0. The van der Waals surface area contributed by atoms with E-state index in [0.717, 1.165) is 35.5 Å². The van der Waals surface area contributed by atoms with Crippen LogP contribution in [0.1, 0.15) is 27.3 Å². The standard InChI is InChI=1S/C14H16N4O/c1-9-3-2-4-10(7-9)16-14(19)13-11-8-15-6-5-12(11)17-18-13/h2-4,7,15H,5-6,8H2,1H3,(H,16,19)(H,17,18). The number of aromatic nitrogens is 2. The summed E-state index contributed by atoms with van der Waals surface area (Å²) in [5.41, 5.74) is 4.45. The minimum Gasteiger partial charge on any atom is -0.321 e. The Morgan fingerprint density at radius 2 is 2.32 bits per heavy atom. The van der Waals surface area contributed by atoms with Crippen molar-refractivity contribution in [2.24, 2.45) is 0 Å². The van der Waals surface area contributed by atoms with Gasteiger partial charge in [-0.15, -0.1) is 0 Å². The van der Waals surface area contributed by atoms with Gasteiger partial charge in [-0.25, -0.2) is 0 Å². The number of rotatable bonds is 2. The van der Waals surface area contributed by atoms with Crippen LogP contribution in [-0.2, 0) is 13.0 Å². The molecule has 0 saturated heterocycles. The van der Waals surface area contributed by atoms with Crippen LogP contribution in [0.25, 0.3) is 0 Å². The van der Waals surface area contributed by atoms with Crippen LogP contribution in [0.3, 0.4) is 0 Å². The number of hydrogen-bond acceptors (Lipinski definition) is 3. The van der Waals surface area contributed by atoms with Crippen molar-refractivity contribution in [3.05, 3.63) is 46.8 Å². The monoisotopic (exact) mass is 256 g/mol. The van der Waals surface area contributed by atoms with Crippen molar-refractivity contribution in [2.75, 3.05) is 11.9 Å². The molecule has 0 bridgehead atoms. The van der Waals surface area contributed by atoms with Crippen molar-refractivity contribution in [1.29, 1.82) is 0 Å². The zero-order chi connectivity index (χ0) is 13.2. The molecule has 2 aromatic rings. The minimum atomic E-state index is -0.160. The van der Waals surface area contributed by atoms with Gasteiger partial charge in [-0.1, -0.05) is 12.1 Å². The molecular formula is C14H16N4O. The molecule has 2 heterocycles. The lowest BCUT2D eigenvalue weighted by atomic mass is 10.1. The van der Waals surface area contributed by atoms with Gasteiger partial charge < -0.3 is 10.6 Å². The first-order chi connectivity index (χ1) is 9.24. The van der Waals surface area contributed by atoms with Crippen LogP contribution in [0, 0.1) is 6.92 Å². The van der Waals surface area contributed by atoms with Crippen LogP contribution >= 0.6 is 0 Å². The summed E-state index contributed by atoms with van der Waals surface area (Å²) < 4.78 is 0. The summed E-state index contributed by atoms with van der Waals surface area (Å²) in [4.78, 5) is 12.2. The molecule has 1 aliphatic rings. The number of nitrogens with one attached hydrogen (secondary N) is 3. The number of carbonyl (C=O) groups is 1. The van der Waals surface area contributed by atoms with E-state index >= 15 is 0 Å². The van der Waals surface area contributed by atoms with Crippen LogP contribution in [0.15, 0.2) is 24.3 Å². The lowest BCUT2D eigenvalue weighted by Gasteiger charge is -2.12. The summed E-state index contributed by atoms with van der Waals surface area (Å²) in [7, 11) is 0. The highest BCUT2D eigenvalue weighted by molar-refractivity contribution is 6.04. The Bertz CT molecular complexity index is 618. The Labute approximate surface area is 111 Å². The van der Waals surface area contributed by atoms with Gasteiger partial charge in [0.25, 0.3) is 5.91 Å². The van der Waals surface area contributed by atoms with Gasteiger partial charge in [0.05, 0.1) is 0 Å². The van der Waals surface area contributed by atoms with Gasteiger partial charge in [-0.2, -0.15) is 5.10 Å². The molecular weight excluding hydrogens is 240 g/mol. The molecule has 19 heavy (non-hydrogen) atoms. The number of carbonyl (C=O) groups excluding carboxylic acids is 1. The second-order valence-corrected chi connectivity index (χ2v) is 4.78. The predicted molar refractivity (Wildman–Crippen MR) is 73.1 cm³/mol. The third kappa shape index (κ3) is 2.37. The lowest BCUT2D eigenvalue weighted by Crippen LogP contribution is -2.25. The van der Waals surface area contributed by atoms with E-state index in [2.05, 4.69) is 20.8 Å².